The van der Waals surface area contributed by atoms with Gasteiger partial charge in [0.2, 0.25) is 0 Å². The summed E-state index contributed by atoms with van der Waals surface area (Å²) in [6.45, 7) is 1.57. The molecule has 0 atom stereocenters. The van der Waals surface area contributed by atoms with Crippen molar-refractivity contribution in [1.29, 1.82) is 5.26 Å². The van der Waals surface area contributed by atoms with Crippen molar-refractivity contribution >= 4 is 11.8 Å². The van der Waals surface area contributed by atoms with Gasteiger partial charge < -0.3 is 10.1 Å². The van der Waals surface area contributed by atoms with Gasteiger partial charge in [0.25, 0.3) is 0 Å². The van der Waals surface area contributed by atoms with Crippen LogP contribution in [0.1, 0.15) is 11.1 Å². The van der Waals surface area contributed by atoms with Crippen LogP contribution in [0.2, 0.25) is 0 Å². The van der Waals surface area contributed by atoms with Crippen molar-refractivity contribution in [3.63, 3.8) is 0 Å². The number of nitrogens with zero attached hydrogens (tertiary/aromatic N) is 1. The minimum Gasteiger partial charge on any atom is -0.496 e. The van der Waals surface area contributed by atoms with E-state index in [2.05, 4.69) is 17.3 Å². The molecular formula is C14H16N2OS. The summed E-state index contributed by atoms with van der Waals surface area (Å²) in [5.74, 6) is 5.11. The van der Waals surface area contributed by atoms with E-state index in [0.717, 1.165) is 29.4 Å². The van der Waals surface area contributed by atoms with Crippen molar-refractivity contribution in [3.8, 4) is 24.2 Å². The fourth-order valence-electron chi connectivity index (χ4n) is 1.48. The number of hydrogen-bond donors (Lipinski definition) is 1. The molecule has 1 N–H and O–H groups in total. The largest absolute Gasteiger partial charge is 0.496 e. The van der Waals surface area contributed by atoms with Crippen molar-refractivity contribution in [1.82, 2.24) is 5.32 Å². The van der Waals surface area contributed by atoms with E-state index < -0.39 is 0 Å². The Hall–Kier alpha value is -1.62. The van der Waals surface area contributed by atoms with Crippen molar-refractivity contribution in [3.05, 3.63) is 29.3 Å². The molecule has 0 aliphatic carbocycles. The first-order valence-corrected chi connectivity index (χ1v) is 6.76. The maximum atomic E-state index is 8.86. The third kappa shape index (κ3) is 4.71. The Balaban J connectivity index is 2.46. The minimum atomic E-state index is 0.648. The lowest BCUT2D eigenvalue weighted by Gasteiger charge is -2.09. The first kappa shape index (κ1) is 14.4. The number of nitrogens with one attached hydrogen (secondary N) is 1. The van der Waals surface area contributed by atoms with Gasteiger partial charge in [-0.25, -0.2) is 0 Å². The molecule has 0 aliphatic heterocycles. The highest BCUT2D eigenvalue weighted by atomic mass is 32.2. The lowest BCUT2D eigenvalue weighted by Crippen LogP contribution is -2.17. The molecule has 0 fully saturated rings. The van der Waals surface area contributed by atoms with Crippen LogP contribution in [0.25, 0.3) is 0 Å². The van der Waals surface area contributed by atoms with Gasteiger partial charge in [-0.2, -0.15) is 5.26 Å². The molecule has 0 aliphatic rings. The molecule has 18 heavy (non-hydrogen) atoms. The number of terminal acetylenes is 1. The molecule has 1 rings (SSSR count). The molecule has 0 saturated heterocycles. The third-order valence-electron chi connectivity index (χ3n) is 2.33. The average molecular weight is 260 g/mol. The summed E-state index contributed by atoms with van der Waals surface area (Å²) in [5.41, 5.74) is 1.65. The summed E-state index contributed by atoms with van der Waals surface area (Å²) in [7, 11) is 1.63. The topological polar surface area (TPSA) is 45.0 Å². The van der Waals surface area contributed by atoms with Crippen LogP contribution in [0.3, 0.4) is 0 Å². The number of ether oxygens (including phenoxy) is 1. The zero-order valence-corrected chi connectivity index (χ0v) is 11.2. The standard InChI is InChI=1S/C14H16N2OS/c1-3-7-18-8-6-16-11-13-9-12(10-15)4-5-14(13)17-2/h1,4-5,9,16H,6-8,11H2,2H3. The fourth-order valence-corrected chi connectivity index (χ4v) is 2.04. The molecule has 0 bridgehead atoms. The number of benzene rings is 1. The summed E-state index contributed by atoms with van der Waals surface area (Å²) in [4.78, 5) is 0. The summed E-state index contributed by atoms with van der Waals surface area (Å²) >= 11 is 1.72. The molecule has 3 nitrogen and oxygen atoms in total. The number of hydrogen-bond acceptors (Lipinski definition) is 4. The van der Waals surface area contributed by atoms with Crippen LogP contribution >= 0.6 is 11.8 Å². The Morgan fingerprint density at radius 2 is 2.33 bits per heavy atom. The predicted molar refractivity (Wildman–Crippen MR) is 75.6 cm³/mol. The predicted octanol–water partition coefficient (Wildman–Crippen LogP) is 2.02. The second-order valence-corrected chi connectivity index (χ2v) is 4.68. The van der Waals surface area contributed by atoms with Crippen LogP contribution in [0.5, 0.6) is 5.75 Å². The summed E-state index contributed by atoms with van der Waals surface area (Å²) in [6.07, 6.45) is 5.17. The molecule has 4 heteroatoms. The highest BCUT2D eigenvalue weighted by Gasteiger charge is 2.03. The van der Waals surface area contributed by atoms with Crippen LogP contribution in [-0.4, -0.2) is 25.2 Å². The second kappa shape index (κ2) is 8.47. The van der Waals surface area contributed by atoms with E-state index in [1.165, 1.54) is 0 Å². The Morgan fingerprint density at radius 1 is 1.50 bits per heavy atom. The summed E-state index contributed by atoms with van der Waals surface area (Å²) in [5, 5.41) is 12.2. The van der Waals surface area contributed by atoms with Gasteiger partial charge in [-0.3, -0.25) is 0 Å². The van der Waals surface area contributed by atoms with Crippen LogP contribution < -0.4 is 10.1 Å². The van der Waals surface area contributed by atoms with Gasteiger partial charge >= 0.3 is 0 Å². The summed E-state index contributed by atoms with van der Waals surface area (Å²) in [6, 6.07) is 7.55. The highest BCUT2D eigenvalue weighted by Crippen LogP contribution is 2.19. The molecule has 0 amide bonds. The zero-order chi connectivity index (χ0) is 13.2. The molecule has 0 saturated carbocycles. The molecule has 1 aromatic rings. The Kier molecular flexibility index (Phi) is 6.79. The third-order valence-corrected chi connectivity index (χ3v) is 3.20. The van der Waals surface area contributed by atoms with Gasteiger partial charge in [-0.1, -0.05) is 5.92 Å². The van der Waals surface area contributed by atoms with Gasteiger partial charge in [0.1, 0.15) is 5.75 Å². The van der Waals surface area contributed by atoms with Gasteiger partial charge in [0, 0.05) is 24.4 Å². The first-order valence-electron chi connectivity index (χ1n) is 5.60. The zero-order valence-electron chi connectivity index (χ0n) is 10.4. The summed E-state index contributed by atoms with van der Waals surface area (Å²) < 4.78 is 5.26. The normalized spacial score (nSPS) is 9.50. The highest BCUT2D eigenvalue weighted by molar-refractivity contribution is 7.99. The molecule has 0 spiro atoms. The van der Waals surface area contributed by atoms with Gasteiger partial charge in [-0.15, -0.1) is 18.2 Å². The van der Waals surface area contributed by atoms with Crippen LogP contribution in [-0.2, 0) is 6.54 Å². The Bertz CT molecular complexity index is 460. The number of rotatable bonds is 7. The second-order valence-electron chi connectivity index (χ2n) is 3.57. The van der Waals surface area contributed by atoms with E-state index in [-0.39, 0.29) is 0 Å². The fraction of sp³-hybridized carbons (Fsp3) is 0.357. The lowest BCUT2D eigenvalue weighted by molar-refractivity contribution is 0.408. The van der Waals surface area contributed by atoms with E-state index in [0.29, 0.717) is 12.1 Å². The Morgan fingerprint density at radius 3 is 3.00 bits per heavy atom. The lowest BCUT2D eigenvalue weighted by atomic mass is 10.1. The number of nitriles is 1. The van der Waals surface area contributed by atoms with Crippen molar-refractivity contribution in [2.45, 2.75) is 6.54 Å². The monoisotopic (exact) mass is 260 g/mol. The van der Waals surface area contributed by atoms with Gasteiger partial charge in [-0.05, 0) is 18.2 Å². The molecule has 94 valence electrons. The van der Waals surface area contributed by atoms with Crippen LogP contribution in [0.4, 0.5) is 0 Å². The Labute approximate surface area is 113 Å². The maximum Gasteiger partial charge on any atom is 0.123 e. The minimum absolute atomic E-state index is 0.648. The van der Waals surface area contributed by atoms with E-state index in [9.17, 15) is 0 Å². The molecule has 0 aromatic heterocycles. The van der Waals surface area contributed by atoms with E-state index in [4.69, 9.17) is 16.4 Å². The molecular weight excluding hydrogens is 244 g/mol. The smallest absolute Gasteiger partial charge is 0.123 e. The van der Waals surface area contributed by atoms with Crippen LogP contribution in [0, 0.1) is 23.7 Å². The van der Waals surface area contributed by atoms with Gasteiger partial charge in [0.15, 0.2) is 0 Å². The van der Waals surface area contributed by atoms with E-state index >= 15 is 0 Å². The number of methoxy groups -OCH3 is 1. The van der Waals surface area contributed by atoms with E-state index in [1.54, 1.807) is 24.9 Å². The van der Waals surface area contributed by atoms with Crippen molar-refractivity contribution in [2.24, 2.45) is 0 Å². The number of thioether (sulfide) groups is 1. The molecule has 0 heterocycles. The van der Waals surface area contributed by atoms with E-state index in [1.807, 2.05) is 12.1 Å². The quantitative estimate of drug-likeness (QED) is 0.602. The van der Waals surface area contributed by atoms with Crippen LogP contribution in [0.15, 0.2) is 18.2 Å². The SMILES string of the molecule is C#CCSCCNCc1cc(C#N)ccc1OC. The van der Waals surface area contributed by atoms with Gasteiger partial charge in [0.05, 0.1) is 24.5 Å². The first-order chi connectivity index (χ1) is 8.81. The maximum absolute atomic E-state index is 8.86. The average Bonchev–Trinajstić information content (AvgIpc) is 2.42. The van der Waals surface area contributed by atoms with Crippen molar-refractivity contribution in [2.75, 3.05) is 25.2 Å². The molecule has 0 unspecified atom stereocenters. The molecule has 1 aromatic carbocycles. The van der Waals surface area contributed by atoms with Crippen molar-refractivity contribution < 1.29 is 4.74 Å². The molecule has 0 radical (unpaired) electrons.